The van der Waals surface area contributed by atoms with Crippen LogP contribution in [0.3, 0.4) is 0 Å². The second kappa shape index (κ2) is 7.60. The third-order valence-corrected chi connectivity index (χ3v) is 4.30. The van der Waals surface area contributed by atoms with E-state index in [9.17, 15) is 23.5 Å². The van der Waals surface area contributed by atoms with E-state index in [1.807, 2.05) is 0 Å². The Morgan fingerprint density at radius 3 is 2.85 bits per heavy atom. The van der Waals surface area contributed by atoms with Crippen LogP contribution in [0, 0.1) is 6.92 Å². The molecule has 0 atom stereocenters. The molecular formula is C20H17F2NO4. The van der Waals surface area contributed by atoms with Gasteiger partial charge in [-0.25, -0.2) is 13.6 Å². The Bertz CT molecular complexity index is 924. The summed E-state index contributed by atoms with van der Waals surface area (Å²) >= 11 is 0. The van der Waals surface area contributed by atoms with E-state index in [0.717, 1.165) is 5.56 Å². The van der Waals surface area contributed by atoms with Crippen LogP contribution >= 0.6 is 0 Å². The van der Waals surface area contributed by atoms with E-state index in [1.165, 1.54) is 18.2 Å². The fourth-order valence-corrected chi connectivity index (χ4v) is 3.06. The van der Waals surface area contributed by atoms with Crippen LogP contribution in [0.4, 0.5) is 8.78 Å². The molecule has 3 rings (SSSR count). The molecule has 0 aromatic heterocycles. The fourth-order valence-electron chi connectivity index (χ4n) is 3.06. The molecule has 1 aromatic rings. The van der Waals surface area contributed by atoms with Gasteiger partial charge in [-0.2, -0.15) is 0 Å². The highest BCUT2D eigenvalue weighted by atomic mass is 19.3. The van der Waals surface area contributed by atoms with Crippen LogP contribution in [0.25, 0.3) is 0 Å². The van der Waals surface area contributed by atoms with Gasteiger partial charge in [-0.05, 0) is 47.9 Å². The number of carbonyl (C=O) groups is 2. The molecule has 1 N–H and O–H groups in total. The Kier molecular flexibility index (Phi) is 5.23. The lowest BCUT2D eigenvalue weighted by molar-refractivity contribution is -0.132. The minimum Gasteiger partial charge on any atom is -0.487 e. The van der Waals surface area contributed by atoms with Gasteiger partial charge in [0.15, 0.2) is 0 Å². The van der Waals surface area contributed by atoms with Crippen molar-refractivity contribution in [2.75, 3.05) is 13.2 Å². The molecule has 0 saturated heterocycles. The fraction of sp³-hybridized carbons (Fsp3) is 0.250. The first-order chi connectivity index (χ1) is 12.9. The number of nitrogens with zero attached hydrogens (tertiary/aromatic N) is 1. The van der Waals surface area contributed by atoms with Crippen molar-refractivity contribution in [1.29, 1.82) is 0 Å². The number of aryl methyl sites for hydroxylation is 1. The largest absolute Gasteiger partial charge is 0.487 e. The summed E-state index contributed by atoms with van der Waals surface area (Å²) in [6.45, 7) is 1.52. The summed E-state index contributed by atoms with van der Waals surface area (Å²) in [6, 6.07) is 5.06. The van der Waals surface area contributed by atoms with E-state index in [2.05, 4.69) is 5.73 Å². The first-order valence-electron chi connectivity index (χ1n) is 8.26. The average Bonchev–Trinajstić information content (AvgIpc) is 2.79. The Balaban J connectivity index is 1.76. The summed E-state index contributed by atoms with van der Waals surface area (Å²) in [5.41, 5.74) is 5.13. The van der Waals surface area contributed by atoms with E-state index in [4.69, 9.17) is 4.74 Å². The lowest BCUT2D eigenvalue weighted by Gasteiger charge is -2.18. The van der Waals surface area contributed by atoms with Crippen molar-refractivity contribution >= 4 is 11.9 Å². The minimum atomic E-state index is -2.55. The SMILES string of the molecule is Cc1cc(CN2CC3=C(C=C=CC=C3C(=O)O)C2=O)ccc1OCC(F)F. The first kappa shape index (κ1) is 18.6. The van der Waals surface area contributed by atoms with Crippen LogP contribution in [0.15, 0.2) is 58.9 Å². The Hall–Kier alpha value is -3.18. The molecule has 0 saturated carbocycles. The summed E-state index contributed by atoms with van der Waals surface area (Å²) in [5, 5.41) is 9.37. The number of hydrogen-bond donors (Lipinski definition) is 1. The van der Waals surface area contributed by atoms with E-state index >= 15 is 0 Å². The normalized spacial score (nSPS) is 15.9. The van der Waals surface area contributed by atoms with Crippen molar-refractivity contribution in [3.63, 3.8) is 0 Å². The number of aliphatic carboxylic acids is 1. The summed E-state index contributed by atoms with van der Waals surface area (Å²) in [6.07, 6.45) is 1.85. The maximum absolute atomic E-state index is 12.6. The molecule has 1 heterocycles. The molecule has 1 amide bonds. The van der Waals surface area contributed by atoms with Crippen molar-refractivity contribution < 1.29 is 28.2 Å². The van der Waals surface area contributed by atoms with E-state index in [1.54, 1.807) is 30.0 Å². The Labute approximate surface area is 154 Å². The van der Waals surface area contributed by atoms with Crippen LogP contribution in [-0.4, -0.2) is 41.5 Å². The van der Waals surface area contributed by atoms with Crippen LogP contribution in [0.2, 0.25) is 0 Å². The van der Waals surface area contributed by atoms with Crippen molar-refractivity contribution in [2.45, 2.75) is 19.9 Å². The lowest BCUT2D eigenvalue weighted by atomic mass is 10.0. The second-order valence-corrected chi connectivity index (χ2v) is 6.22. The molecule has 0 bridgehead atoms. The van der Waals surface area contributed by atoms with Crippen molar-refractivity contribution in [1.82, 2.24) is 4.90 Å². The Morgan fingerprint density at radius 1 is 1.41 bits per heavy atom. The van der Waals surface area contributed by atoms with Crippen LogP contribution in [0.1, 0.15) is 11.1 Å². The number of amides is 1. The summed E-state index contributed by atoms with van der Waals surface area (Å²) in [7, 11) is 0. The number of benzene rings is 1. The molecular weight excluding hydrogens is 356 g/mol. The number of hydrogen-bond acceptors (Lipinski definition) is 3. The van der Waals surface area contributed by atoms with Gasteiger partial charge in [-0.1, -0.05) is 12.1 Å². The molecule has 27 heavy (non-hydrogen) atoms. The van der Waals surface area contributed by atoms with E-state index in [0.29, 0.717) is 22.5 Å². The van der Waals surface area contributed by atoms with Gasteiger partial charge in [0.05, 0.1) is 11.1 Å². The van der Waals surface area contributed by atoms with Gasteiger partial charge < -0.3 is 14.7 Å². The van der Waals surface area contributed by atoms with Crippen molar-refractivity contribution in [3.05, 3.63) is 70.0 Å². The molecule has 0 spiro atoms. The third-order valence-electron chi connectivity index (χ3n) is 4.30. The zero-order valence-corrected chi connectivity index (χ0v) is 14.5. The number of carbonyl (C=O) groups excluding carboxylic acids is 1. The molecule has 7 heteroatoms. The maximum atomic E-state index is 12.6. The lowest BCUT2D eigenvalue weighted by Crippen LogP contribution is -2.27. The van der Waals surface area contributed by atoms with Gasteiger partial charge in [0, 0.05) is 13.1 Å². The Morgan fingerprint density at radius 2 is 2.19 bits per heavy atom. The molecule has 140 valence electrons. The van der Waals surface area contributed by atoms with E-state index < -0.39 is 19.0 Å². The standard InChI is InChI=1S/C20H17F2NO4/c1-12-8-13(6-7-17(12)27-11-18(21)22)9-23-10-16-14(19(23)24)4-2-3-5-15(16)20(25)26/h3-8,18H,9-11H2,1H3,(H,25,26). The first-order valence-corrected chi connectivity index (χ1v) is 8.26. The van der Waals surface area contributed by atoms with Crippen LogP contribution in [0.5, 0.6) is 5.75 Å². The highest BCUT2D eigenvalue weighted by Crippen LogP contribution is 2.29. The summed E-state index contributed by atoms with van der Waals surface area (Å²) in [5.74, 6) is -0.998. The molecule has 1 aliphatic heterocycles. The maximum Gasteiger partial charge on any atom is 0.336 e. The zero-order chi connectivity index (χ0) is 19.6. The van der Waals surface area contributed by atoms with Crippen molar-refractivity contribution in [3.8, 4) is 5.75 Å². The van der Waals surface area contributed by atoms with Gasteiger partial charge >= 0.3 is 5.97 Å². The van der Waals surface area contributed by atoms with Gasteiger partial charge in [0.2, 0.25) is 0 Å². The molecule has 1 aliphatic carbocycles. The van der Waals surface area contributed by atoms with Crippen LogP contribution in [-0.2, 0) is 16.1 Å². The molecule has 0 unspecified atom stereocenters. The topological polar surface area (TPSA) is 66.8 Å². The summed E-state index contributed by atoms with van der Waals surface area (Å²) < 4.78 is 29.6. The van der Waals surface area contributed by atoms with Crippen molar-refractivity contribution in [2.24, 2.45) is 0 Å². The number of rotatable bonds is 6. The minimum absolute atomic E-state index is 0.0778. The van der Waals surface area contributed by atoms with E-state index in [-0.39, 0.29) is 24.6 Å². The number of allylic oxidation sites excluding steroid dienone is 1. The van der Waals surface area contributed by atoms with Crippen LogP contribution < -0.4 is 4.74 Å². The number of carboxylic acid groups (broad SMARTS) is 1. The molecule has 0 fully saturated rings. The highest BCUT2D eigenvalue weighted by Gasteiger charge is 2.33. The number of carboxylic acids is 1. The molecule has 5 nitrogen and oxygen atoms in total. The summed E-state index contributed by atoms with van der Waals surface area (Å²) in [4.78, 5) is 25.6. The number of alkyl halides is 2. The second-order valence-electron chi connectivity index (χ2n) is 6.22. The number of halogens is 2. The van der Waals surface area contributed by atoms with Gasteiger partial charge in [-0.15, -0.1) is 5.73 Å². The molecule has 2 aliphatic rings. The third kappa shape index (κ3) is 3.99. The molecule has 1 aromatic carbocycles. The predicted molar refractivity (Wildman–Crippen MR) is 93.5 cm³/mol. The average molecular weight is 373 g/mol. The monoisotopic (exact) mass is 373 g/mol. The predicted octanol–water partition coefficient (Wildman–Crippen LogP) is 3.01. The van der Waals surface area contributed by atoms with Gasteiger partial charge in [-0.3, -0.25) is 4.79 Å². The smallest absolute Gasteiger partial charge is 0.336 e. The quantitative estimate of drug-likeness (QED) is 0.779. The molecule has 0 radical (unpaired) electrons. The highest BCUT2D eigenvalue weighted by molar-refractivity contribution is 6.05. The zero-order valence-electron chi connectivity index (χ0n) is 14.5. The number of ether oxygens (including phenoxy) is 1. The van der Waals surface area contributed by atoms with Gasteiger partial charge in [0.1, 0.15) is 12.4 Å². The van der Waals surface area contributed by atoms with Gasteiger partial charge in [0.25, 0.3) is 12.3 Å².